The van der Waals surface area contributed by atoms with Crippen molar-refractivity contribution >= 4 is 83.1 Å². The highest BCUT2D eigenvalue weighted by Crippen LogP contribution is 2.53. The van der Waals surface area contributed by atoms with Gasteiger partial charge < -0.3 is 71.7 Å². The summed E-state index contributed by atoms with van der Waals surface area (Å²) in [5.41, 5.74) is 8.68. The molecule has 13 aromatic rings. The molecule has 0 amide bonds. The number of piperazine rings is 3. The highest BCUT2D eigenvalue weighted by Gasteiger charge is 2.40. The van der Waals surface area contributed by atoms with E-state index in [0.29, 0.717) is 143 Å². The van der Waals surface area contributed by atoms with Crippen LogP contribution in [-0.4, -0.2) is 210 Å². The van der Waals surface area contributed by atoms with E-state index in [4.69, 9.17) is 41.7 Å². The third kappa shape index (κ3) is 18.4. The molecule has 2 saturated carbocycles. The lowest BCUT2D eigenvalue weighted by Crippen LogP contribution is -2.46. The van der Waals surface area contributed by atoms with Crippen LogP contribution in [0.5, 0.6) is 34.5 Å². The van der Waals surface area contributed by atoms with Gasteiger partial charge in [0, 0.05) is 181 Å². The minimum atomic E-state index is -0.469. The van der Waals surface area contributed by atoms with Crippen molar-refractivity contribution in [1.82, 2.24) is 44.4 Å². The van der Waals surface area contributed by atoms with Gasteiger partial charge in [-0.2, -0.15) is 0 Å². The summed E-state index contributed by atoms with van der Waals surface area (Å²) < 4.78 is 54.2. The number of nitrogens with zero attached hydrogens (tertiary/aromatic N) is 9. The van der Waals surface area contributed by atoms with E-state index in [2.05, 4.69) is 65.5 Å². The van der Waals surface area contributed by atoms with Gasteiger partial charge in [0.25, 0.3) is 0 Å². The van der Waals surface area contributed by atoms with Gasteiger partial charge in [0.1, 0.15) is 91.8 Å². The number of fused-ring (bicyclic) bond motifs is 9. The number of phenolic OH excluding ortho intramolecular Hbond substituents is 3. The van der Waals surface area contributed by atoms with Crippen molar-refractivity contribution in [1.29, 1.82) is 0 Å². The summed E-state index contributed by atoms with van der Waals surface area (Å²) in [7, 11) is 6.35. The van der Waals surface area contributed by atoms with Crippen LogP contribution in [0, 0.1) is 32.6 Å². The number of aryl methyl sites for hydroxylation is 3. The number of aromatic nitrogens is 3. The number of furan rings is 3. The van der Waals surface area contributed by atoms with Gasteiger partial charge in [0.2, 0.25) is 0 Å². The fourth-order valence-corrected chi connectivity index (χ4v) is 19.2. The molecule has 7 aromatic carbocycles. The number of ether oxygens (including phenoxy) is 6. The minimum Gasteiger partial charge on any atom is -0.507 e. The van der Waals surface area contributed by atoms with Crippen molar-refractivity contribution in [3.63, 3.8) is 0 Å². The van der Waals surface area contributed by atoms with Gasteiger partial charge in [0.15, 0.2) is 0 Å². The number of hydrogen-bond donors (Lipinski definition) is 3. The molecule has 3 N–H and O–H groups in total. The second kappa shape index (κ2) is 39.3. The number of esters is 3. The largest absolute Gasteiger partial charge is 0.507 e. The molecule has 0 bridgehead atoms. The zero-order valence-electron chi connectivity index (χ0n) is 73.3. The molecule has 0 spiro atoms. The molecule has 3 unspecified atom stereocenters. The standard InChI is InChI=1S/C34H41N3O5.C34H35N3O5.C33H39N3O5/c2*1-4-40-34(39)28-22(2)42-33-26-11-10-25(41-21-23-8-6-5-7-9-23)20-27(26)32(38)30(29(28)33)31(24-12-14-35-15-13-24)37-18-16-36(3)17-19-37;1-4-39-33(38)27-21(2)41-32-25-10-9-24(40-20-22-7-5-6-8-22)19-26(25)31(37)29(28(27)32)30(23-11-13-34-14-12-23)36-17-15-35(3)16-18-36/h10-15,20,23,31,38H,4-9,16-19,21H2,1-3H3;5-15,20,31,38H,4,16-19,21H2,1-3H3;9-14,19,22,30,37H,4-8,15-18,20H2,1-3H3. The molecule has 24 heteroatoms. The van der Waals surface area contributed by atoms with Crippen molar-refractivity contribution in [2.75, 3.05) is 133 Å². The average Bonchev–Trinajstić information content (AvgIpc) is 1.63. The predicted molar refractivity (Wildman–Crippen MR) is 484 cm³/mol. The molecule has 0 radical (unpaired) electrons. The van der Waals surface area contributed by atoms with E-state index in [9.17, 15) is 29.7 Å². The monoisotopic (exact) mass is 1690 g/mol. The Labute approximate surface area is 729 Å². The van der Waals surface area contributed by atoms with Gasteiger partial charge in [-0.15, -0.1) is 0 Å². The Morgan fingerprint density at radius 2 is 0.680 bits per heavy atom. The number of aromatic hydroxyl groups is 3. The van der Waals surface area contributed by atoms with E-state index < -0.39 is 17.9 Å². The van der Waals surface area contributed by atoms with E-state index in [-0.39, 0.29) is 55.2 Å². The second-order valence-electron chi connectivity index (χ2n) is 33.9. The average molecular weight is 1700 g/mol. The summed E-state index contributed by atoms with van der Waals surface area (Å²) >= 11 is 0. The first-order valence-corrected chi connectivity index (χ1v) is 44.4. The van der Waals surface area contributed by atoms with Crippen molar-refractivity contribution < 1.29 is 71.4 Å². The first-order chi connectivity index (χ1) is 60.9. The van der Waals surface area contributed by atoms with E-state index in [1.54, 1.807) is 78.7 Å². The molecule has 3 atom stereocenters. The first kappa shape index (κ1) is 86.9. The third-order valence-electron chi connectivity index (χ3n) is 25.8. The highest BCUT2D eigenvalue weighted by molar-refractivity contribution is 6.20. The molecule has 3 saturated heterocycles. The zero-order valence-corrected chi connectivity index (χ0v) is 73.3. The summed E-state index contributed by atoms with van der Waals surface area (Å²) in [6.45, 7) is 23.3. The summed E-state index contributed by atoms with van der Waals surface area (Å²) in [5, 5.41) is 42.5. The first-order valence-electron chi connectivity index (χ1n) is 44.4. The third-order valence-corrected chi connectivity index (χ3v) is 25.8. The molecule has 5 aliphatic rings. The van der Waals surface area contributed by atoms with Gasteiger partial charge in [-0.3, -0.25) is 29.7 Å². The molecule has 6 aromatic heterocycles. The molecular formula is C101H115N9O15. The van der Waals surface area contributed by atoms with Crippen molar-refractivity contribution in [3.05, 3.63) is 231 Å². The Hall–Kier alpha value is -11.6. The van der Waals surface area contributed by atoms with Crippen LogP contribution in [-0.2, 0) is 20.8 Å². The number of pyridine rings is 3. The number of carbonyl (C=O) groups excluding carboxylic acids is 3. The van der Waals surface area contributed by atoms with Gasteiger partial charge in [-0.25, -0.2) is 14.4 Å². The van der Waals surface area contributed by atoms with Crippen LogP contribution >= 0.6 is 0 Å². The summed E-state index contributed by atoms with van der Waals surface area (Å²) in [5.74, 6) is 3.59. The van der Waals surface area contributed by atoms with Crippen molar-refractivity contribution in [3.8, 4) is 34.5 Å². The SMILES string of the molecule is CCOC(=O)c1c(C)oc2c1c(C(c1ccncc1)N1CCN(C)CC1)c(O)c1cc(OCC3CCCC3)ccc12.CCOC(=O)c1c(C)oc2c1c(C(c1ccncc1)N1CCN(C)CC1)c(O)c1cc(OCC3CCCCC3)ccc12.CCOC(=O)c1c(C)oc2c1c(C(c1ccncc1)N1CCN(C)CC1)c(O)c1cc(OCc3ccccc3)ccc12. The fourth-order valence-electron chi connectivity index (χ4n) is 19.2. The van der Waals surface area contributed by atoms with E-state index in [1.807, 2.05) is 121 Å². The van der Waals surface area contributed by atoms with Crippen LogP contribution in [0.2, 0.25) is 0 Å². The number of likely N-dealkylation sites (N-methyl/N-ethyl adjacent to an activating group) is 3. The molecule has 3 aliphatic heterocycles. The van der Waals surface area contributed by atoms with Crippen LogP contribution in [0.3, 0.4) is 0 Å². The maximum atomic E-state index is 13.4. The summed E-state index contributed by atoms with van der Waals surface area (Å²) in [6.07, 6.45) is 21.8. The van der Waals surface area contributed by atoms with Crippen molar-refractivity contribution in [2.45, 2.75) is 124 Å². The Balaban J connectivity index is 0.000000138. The smallest absolute Gasteiger partial charge is 0.342 e. The number of rotatable bonds is 24. The van der Waals surface area contributed by atoms with Crippen LogP contribution < -0.4 is 14.2 Å². The van der Waals surface area contributed by atoms with Gasteiger partial charge in [-0.1, -0.05) is 62.4 Å². The Bertz CT molecular complexity index is 5950. The van der Waals surface area contributed by atoms with Gasteiger partial charge >= 0.3 is 17.9 Å². The van der Waals surface area contributed by atoms with Crippen LogP contribution in [0.4, 0.5) is 0 Å². The molecule has 5 fully saturated rings. The second-order valence-corrected chi connectivity index (χ2v) is 33.9. The molecule has 9 heterocycles. The molecule has 654 valence electrons. The Kier molecular flexibility index (Phi) is 27.3. The lowest BCUT2D eigenvalue weighted by molar-refractivity contribution is 0.0516. The maximum absolute atomic E-state index is 13.4. The molecule has 18 rings (SSSR count). The molecular weight excluding hydrogens is 1580 g/mol. The lowest BCUT2D eigenvalue weighted by Gasteiger charge is -2.39. The van der Waals surface area contributed by atoms with Crippen LogP contribution in [0.25, 0.3) is 65.2 Å². The highest BCUT2D eigenvalue weighted by atomic mass is 16.5. The maximum Gasteiger partial charge on any atom is 0.342 e. The number of benzene rings is 7. The quantitative estimate of drug-likeness (QED) is 0.0375. The molecule has 24 nitrogen and oxygen atoms in total. The summed E-state index contributed by atoms with van der Waals surface area (Å²) in [6, 6.07) is 38.0. The topological polar surface area (TPSA) is 265 Å². The van der Waals surface area contributed by atoms with Gasteiger partial charge in [0.05, 0.1) is 51.2 Å². The minimum absolute atomic E-state index is 0.0924. The van der Waals surface area contributed by atoms with E-state index in [0.717, 1.165) is 123 Å². The number of hydrogen-bond acceptors (Lipinski definition) is 24. The van der Waals surface area contributed by atoms with Crippen molar-refractivity contribution in [2.24, 2.45) is 11.8 Å². The molecule has 2 aliphatic carbocycles. The molecule has 125 heavy (non-hydrogen) atoms. The summed E-state index contributed by atoms with van der Waals surface area (Å²) in [4.78, 5) is 66.9. The van der Waals surface area contributed by atoms with Crippen LogP contribution in [0.1, 0.15) is 184 Å². The van der Waals surface area contributed by atoms with E-state index >= 15 is 0 Å². The fraction of sp³-hybridized carbons (Fsp3) is 0.406. The lowest BCUT2D eigenvalue weighted by atomic mass is 9.88. The zero-order chi connectivity index (χ0) is 86.9. The Morgan fingerprint density at radius 1 is 0.384 bits per heavy atom. The predicted octanol–water partition coefficient (Wildman–Crippen LogP) is 18.6. The van der Waals surface area contributed by atoms with Gasteiger partial charge in [-0.05, 0) is 213 Å². The number of phenols is 3. The van der Waals surface area contributed by atoms with Crippen LogP contribution in [0.15, 0.2) is 172 Å². The Morgan fingerprint density at radius 3 is 0.984 bits per heavy atom. The van der Waals surface area contributed by atoms with E-state index in [1.165, 1.54) is 57.8 Å². The number of carbonyl (C=O) groups is 3. The normalized spacial score (nSPS) is 17.0.